The fraction of sp³-hybridized carbons (Fsp3) is 0.333. The van der Waals surface area contributed by atoms with E-state index in [2.05, 4.69) is 0 Å². The van der Waals surface area contributed by atoms with Gasteiger partial charge in [-0.2, -0.15) is 26.3 Å². The van der Waals surface area contributed by atoms with E-state index in [4.69, 9.17) is 28.9 Å². The van der Waals surface area contributed by atoms with Crippen LogP contribution in [-0.4, -0.2) is 6.18 Å². The van der Waals surface area contributed by atoms with Gasteiger partial charge in [-0.3, -0.25) is 0 Å². The molecule has 1 atom stereocenters. The molecular weight excluding hydrogens is 307 g/mol. The fourth-order valence-corrected chi connectivity index (χ4v) is 1.63. The van der Waals surface area contributed by atoms with Gasteiger partial charge in [-0.25, -0.2) is 0 Å². The molecule has 0 aliphatic carbocycles. The Kier molecular flexibility index (Phi) is 4.10. The Morgan fingerprint density at radius 2 is 1.50 bits per heavy atom. The minimum absolute atomic E-state index is 0.242. The van der Waals surface area contributed by atoms with Crippen molar-refractivity contribution in [3.05, 3.63) is 33.3 Å². The summed E-state index contributed by atoms with van der Waals surface area (Å²) in [5, 5.41) is -1.28. The topological polar surface area (TPSA) is 26.0 Å². The summed E-state index contributed by atoms with van der Waals surface area (Å²) in [7, 11) is 0. The average molecular weight is 312 g/mol. The molecule has 0 spiro atoms. The molecular formula is C9H5Cl2F6N. The molecule has 0 saturated heterocycles. The van der Waals surface area contributed by atoms with E-state index in [-0.39, 0.29) is 6.07 Å². The number of benzene rings is 1. The van der Waals surface area contributed by atoms with Gasteiger partial charge >= 0.3 is 12.4 Å². The van der Waals surface area contributed by atoms with Gasteiger partial charge in [0, 0.05) is 0 Å². The summed E-state index contributed by atoms with van der Waals surface area (Å²) in [4.78, 5) is 0. The average Bonchev–Trinajstić information content (AvgIpc) is 2.17. The second-order valence-corrected chi connectivity index (χ2v) is 4.16. The van der Waals surface area contributed by atoms with Crippen molar-refractivity contribution >= 4 is 23.2 Å². The van der Waals surface area contributed by atoms with Crippen molar-refractivity contribution < 1.29 is 26.3 Å². The van der Waals surface area contributed by atoms with E-state index in [9.17, 15) is 26.3 Å². The summed E-state index contributed by atoms with van der Waals surface area (Å²) >= 11 is 10.8. The van der Waals surface area contributed by atoms with Crippen molar-refractivity contribution in [3.8, 4) is 0 Å². The lowest BCUT2D eigenvalue weighted by Crippen LogP contribution is -2.29. The van der Waals surface area contributed by atoms with Gasteiger partial charge in [-0.1, -0.05) is 23.2 Å². The smallest absolute Gasteiger partial charge is 0.316 e. The van der Waals surface area contributed by atoms with Crippen LogP contribution in [0.3, 0.4) is 0 Å². The van der Waals surface area contributed by atoms with Crippen LogP contribution in [0.25, 0.3) is 0 Å². The molecule has 2 N–H and O–H groups in total. The van der Waals surface area contributed by atoms with Crippen molar-refractivity contribution in [3.63, 3.8) is 0 Å². The highest BCUT2D eigenvalue weighted by Gasteiger charge is 2.41. The number of rotatable bonds is 1. The summed E-state index contributed by atoms with van der Waals surface area (Å²) in [6.07, 6.45) is -9.76. The number of hydrogen-bond donors (Lipinski definition) is 1. The van der Waals surface area contributed by atoms with Crippen molar-refractivity contribution in [2.75, 3.05) is 0 Å². The molecule has 0 radical (unpaired) electrons. The third-order valence-electron chi connectivity index (χ3n) is 2.07. The molecule has 1 aromatic carbocycles. The second-order valence-electron chi connectivity index (χ2n) is 3.38. The molecule has 9 heteroatoms. The Morgan fingerprint density at radius 3 is 1.89 bits per heavy atom. The van der Waals surface area contributed by atoms with Crippen molar-refractivity contribution in [1.82, 2.24) is 0 Å². The van der Waals surface area contributed by atoms with Crippen LogP contribution in [0.1, 0.15) is 17.2 Å². The van der Waals surface area contributed by atoms with Crippen LogP contribution in [0.4, 0.5) is 26.3 Å². The first-order chi connectivity index (χ1) is 7.94. The summed E-state index contributed by atoms with van der Waals surface area (Å²) < 4.78 is 74.3. The Bertz CT molecular complexity index is 454. The first-order valence-corrected chi connectivity index (χ1v) is 5.08. The molecule has 1 rings (SSSR count). The largest absolute Gasteiger partial charge is 0.416 e. The summed E-state index contributed by atoms with van der Waals surface area (Å²) in [5.41, 5.74) is 2.56. The molecule has 102 valence electrons. The molecule has 0 aromatic heterocycles. The number of halogens is 8. The quantitative estimate of drug-likeness (QED) is 0.755. The van der Waals surface area contributed by atoms with Gasteiger partial charge < -0.3 is 5.73 Å². The van der Waals surface area contributed by atoms with Crippen LogP contribution in [0.5, 0.6) is 0 Å². The van der Waals surface area contributed by atoms with E-state index in [1.807, 2.05) is 0 Å². The van der Waals surface area contributed by atoms with Crippen LogP contribution >= 0.6 is 23.2 Å². The van der Waals surface area contributed by atoms with Crippen LogP contribution in [-0.2, 0) is 6.18 Å². The van der Waals surface area contributed by atoms with E-state index in [0.717, 1.165) is 0 Å². The number of hydrogen-bond acceptors (Lipinski definition) is 1. The van der Waals surface area contributed by atoms with E-state index in [0.29, 0.717) is 6.07 Å². The molecule has 0 bridgehead atoms. The Labute approximate surface area is 107 Å². The predicted molar refractivity (Wildman–Crippen MR) is 54.4 cm³/mol. The first-order valence-electron chi connectivity index (χ1n) is 4.33. The maximum absolute atomic E-state index is 12.4. The van der Waals surface area contributed by atoms with Gasteiger partial charge in [0.25, 0.3) is 0 Å². The molecule has 0 aliphatic rings. The lowest BCUT2D eigenvalue weighted by atomic mass is 10.0. The van der Waals surface area contributed by atoms with Gasteiger partial charge in [0.15, 0.2) is 0 Å². The SMILES string of the molecule is N[C@@H](c1cc(C(F)(F)F)cc(Cl)c1Cl)C(F)(F)F. The molecule has 0 fully saturated rings. The molecule has 0 saturated carbocycles. The van der Waals surface area contributed by atoms with Gasteiger partial charge in [0.05, 0.1) is 15.6 Å². The lowest BCUT2D eigenvalue weighted by molar-refractivity contribution is -0.150. The van der Waals surface area contributed by atoms with Gasteiger partial charge in [0.2, 0.25) is 0 Å². The molecule has 18 heavy (non-hydrogen) atoms. The fourth-order valence-electron chi connectivity index (χ4n) is 1.18. The van der Waals surface area contributed by atoms with E-state index < -0.39 is 39.6 Å². The zero-order chi connectivity index (χ0) is 14.3. The number of nitrogens with two attached hydrogens (primary N) is 1. The molecule has 0 aliphatic heterocycles. The van der Waals surface area contributed by atoms with Gasteiger partial charge in [-0.15, -0.1) is 0 Å². The normalized spacial score (nSPS) is 14.7. The Hall–Kier alpha value is -0.660. The van der Waals surface area contributed by atoms with Crippen LogP contribution in [0.2, 0.25) is 10.0 Å². The van der Waals surface area contributed by atoms with E-state index >= 15 is 0 Å². The maximum Gasteiger partial charge on any atom is 0.416 e. The highest BCUT2D eigenvalue weighted by molar-refractivity contribution is 6.42. The minimum atomic E-state index is -4.92. The zero-order valence-electron chi connectivity index (χ0n) is 8.33. The van der Waals surface area contributed by atoms with Crippen LogP contribution in [0.15, 0.2) is 12.1 Å². The van der Waals surface area contributed by atoms with Crippen molar-refractivity contribution in [2.24, 2.45) is 5.73 Å². The highest BCUT2D eigenvalue weighted by atomic mass is 35.5. The van der Waals surface area contributed by atoms with E-state index in [1.54, 1.807) is 0 Å². The van der Waals surface area contributed by atoms with E-state index in [1.165, 1.54) is 0 Å². The van der Waals surface area contributed by atoms with Crippen molar-refractivity contribution in [1.29, 1.82) is 0 Å². The standard InChI is InChI=1S/C9H5Cl2F6N/c10-5-2-3(8(12,13)14)1-4(6(5)11)7(18)9(15,16)17/h1-2,7H,18H2/t7-/m0/s1. The maximum atomic E-state index is 12.4. The minimum Gasteiger partial charge on any atom is -0.316 e. The molecule has 0 amide bonds. The summed E-state index contributed by atoms with van der Waals surface area (Å²) in [6.45, 7) is 0. The molecule has 1 nitrogen and oxygen atoms in total. The van der Waals surface area contributed by atoms with Gasteiger partial charge in [0.1, 0.15) is 6.04 Å². The Balaban J connectivity index is 3.41. The molecule has 0 unspecified atom stereocenters. The first kappa shape index (κ1) is 15.4. The highest BCUT2D eigenvalue weighted by Crippen LogP contribution is 2.41. The second kappa shape index (κ2) is 4.79. The zero-order valence-corrected chi connectivity index (χ0v) is 9.84. The number of alkyl halides is 6. The Morgan fingerprint density at radius 1 is 1.00 bits per heavy atom. The lowest BCUT2D eigenvalue weighted by Gasteiger charge is -2.19. The van der Waals surface area contributed by atoms with Gasteiger partial charge in [-0.05, 0) is 17.7 Å². The third kappa shape index (κ3) is 3.21. The van der Waals surface area contributed by atoms with Crippen LogP contribution in [0, 0.1) is 0 Å². The predicted octanol–water partition coefficient (Wildman–Crippen LogP) is 4.57. The molecule has 0 heterocycles. The third-order valence-corrected chi connectivity index (χ3v) is 2.89. The summed E-state index contributed by atoms with van der Waals surface area (Å²) in [5.74, 6) is 0. The van der Waals surface area contributed by atoms with Crippen molar-refractivity contribution in [2.45, 2.75) is 18.4 Å². The van der Waals surface area contributed by atoms with Crippen LogP contribution < -0.4 is 5.73 Å². The summed E-state index contributed by atoms with van der Waals surface area (Å²) in [6, 6.07) is -1.95. The monoisotopic (exact) mass is 311 g/mol. The molecule has 1 aromatic rings.